The molecule has 118 valence electrons. The zero-order valence-corrected chi connectivity index (χ0v) is 12.8. The van der Waals surface area contributed by atoms with Crippen LogP contribution in [0.25, 0.3) is 10.6 Å². The van der Waals surface area contributed by atoms with E-state index in [-0.39, 0.29) is 36.6 Å². The van der Waals surface area contributed by atoms with E-state index < -0.39 is 5.91 Å². The molecular formula is C12H15N5O4S. The third-order valence-electron chi connectivity index (χ3n) is 2.59. The number of ether oxygens (including phenoxy) is 2. The highest BCUT2D eigenvalue weighted by atomic mass is 32.1. The van der Waals surface area contributed by atoms with Gasteiger partial charge in [-0.3, -0.25) is 4.79 Å². The largest absolute Gasteiger partial charge is 0.480 e. The Labute approximate surface area is 130 Å². The smallest absolute Gasteiger partial charge is 0.268 e. The van der Waals surface area contributed by atoms with Gasteiger partial charge >= 0.3 is 0 Å². The van der Waals surface area contributed by atoms with Crippen LogP contribution in [0, 0.1) is 0 Å². The molecule has 2 aromatic rings. The van der Waals surface area contributed by atoms with Crippen molar-refractivity contribution >= 4 is 23.2 Å². The number of aromatic nitrogens is 3. The van der Waals surface area contributed by atoms with Gasteiger partial charge in [-0.25, -0.2) is 4.98 Å². The number of aliphatic hydroxyl groups excluding tert-OH is 1. The molecule has 9 nitrogen and oxygen atoms in total. The summed E-state index contributed by atoms with van der Waals surface area (Å²) in [7, 11) is 2.90. The van der Waals surface area contributed by atoms with Gasteiger partial charge in [0.15, 0.2) is 0 Å². The van der Waals surface area contributed by atoms with Gasteiger partial charge in [0.2, 0.25) is 17.7 Å². The minimum atomic E-state index is -0.623. The maximum absolute atomic E-state index is 11.2. The van der Waals surface area contributed by atoms with Gasteiger partial charge in [0.25, 0.3) is 5.91 Å². The van der Waals surface area contributed by atoms with Crippen molar-refractivity contribution in [1.29, 1.82) is 0 Å². The number of carbonyl (C=O) groups excluding carboxylic acids is 1. The van der Waals surface area contributed by atoms with Crippen LogP contribution in [0.2, 0.25) is 0 Å². The Balaban J connectivity index is 2.50. The van der Waals surface area contributed by atoms with Gasteiger partial charge in [-0.1, -0.05) is 0 Å². The number of nitrogens with one attached hydrogen (secondary N) is 1. The van der Waals surface area contributed by atoms with Gasteiger partial charge in [0.1, 0.15) is 16.3 Å². The molecule has 0 fully saturated rings. The average Bonchev–Trinajstić information content (AvgIpc) is 3.01. The molecule has 0 aliphatic rings. The number of nitrogens with zero attached hydrogens (tertiary/aromatic N) is 3. The predicted octanol–water partition coefficient (Wildman–Crippen LogP) is 0.120. The summed E-state index contributed by atoms with van der Waals surface area (Å²) >= 11 is 1.20. The molecular weight excluding hydrogens is 310 g/mol. The highest BCUT2D eigenvalue weighted by Gasteiger charge is 2.21. The molecule has 2 rings (SSSR count). The first kappa shape index (κ1) is 15.9. The molecule has 2 heterocycles. The fraction of sp³-hybridized carbons (Fsp3) is 0.333. The lowest BCUT2D eigenvalue weighted by Gasteiger charge is -2.12. The minimum Gasteiger partial charge on any atom is -0.480 e. The second-order valence-corrected chi connectivity index (χ2v) is 4.85. The maximum atomic E-state index is 11.2. The molecule has 0 atom stereocenters. The number of hydrogen-bond acceptors (Lipinski definition) is 9. The summed E-state index contributed by atoms with van der Waals surface area (Å²) in [5.74, 6) is 0.0936. The van der Waals surface area contributed by atoms with Crippen molar-refractivity contribution in [1.82, 2.24) is 15.0 Å². The van der Waals surface area contributed by atoms with Crippen LogP contribution in [-0.2, 0) is 0 Å². The van der Waals surface area contributed by atoms with Crippen molar-refractivity contribution in [2.45, 2.75) is 0 Å². The normalized spacial score (nSPS) is 10.3. The van der Waals surface area contributed by atoms with Crippen LogP contribution in [0.5, 0.6) is 11.8 Å². The van der Waals surface area contributed by atoms with Gasteiger partial charge in [-0.05, 0) is 0 Å². The van der Waals surface area contributed by atoms with E-state index in [2.05, 4.69) is 20.3 Å². The van der Waals surface area contributed by atoms with Crippen molar-refractivity contribution in [3.8, 4) is 22.3 Å². The molecule has 0 saturated carbocycles. The van der Waals surface area contributed by atoms with Gasteiger partial charge < -0.3 is 25.6 Å². The Morgan fingerprint density at radius 1 is 1.32 bits per heavy atom. The number of hydrogen-bond donors (Lipinski definition) is 3. The summed E-state index contributed by atoms with van der Waals surface area (Å²) < 4.78 is 10.5. The van der Waals surface area contributed by atoms with Crippen molar-refractivity contribution < 1.29 is 19.4 Å². The van der Waals surface area contributed by atoms with Crippen LogP contribution in [0.15, 0.2) is 5.38 Å². The Kier molecular flexibility index (Phi) is 5.07. The fourth-order valence-corrected chi connectivity index (χ4v) is 2.48. The summed E-state index contributed by atoms with van der Waals surface area (Å²) in [6, 6.07) is 0. The zero-order valence-electron chi connectivity index (χ0n) is 12.0. The molecule has 4 N–H and O–H groups in total. The van der Waals surface area contributed by atoms with Crippen LogP contribution in [0.1, 0.15) is 10.5 Å². The van der Waals surface area contributed by atoms with E-state index in [1.165, 1.54) is 30.9 Å². The zero-order chi connectivity index (χ0) is 16.1. The maximum Gasteiger partial charge on any atom is 0.268 e. The standard InChI is InChI=1S/C12H15N5O4S/c1-20-9-7(11-15-6(5-22-11)8(13)19)10(21-2)17-12(16-9)14-3-4-18/h5,18H,3-4H2,1-2H3,(H2,13,19)(H,14,16,17). The lowest BCUT2D eigenvalue weighted by atomic mass is 10.3. The summed E-state index contributed by atoms with van der Waals surface area (Å²) in [4.78, 5) is 23.7. The monoisotopic (exact) mass is 325 g/mol. The summed E-state index contributed by atoms with van der Waals surface area (Å²) in [6.45, 7) is 0.221. The second kappa shape index (κ2) is 7.00. The lowest BCUT2D eigenvalue weighted by Crippen LogP contribution is -2.11. The highest BCUT2D eigenvalue weighted by molar-refractivity contribution is 7.13. The first-order valence-corrected chi connectivity index (χ1v) is 7.09. The van der Waals surface area contributed by atoms with Crippen LogP contribution in [0.3, 0.4) is 0 Å². The SMILES string of the molecule is COc1nc(NCCO)nc(OC)c1-c1nc(C(N)=O)cs1. The fourth-order valence-electron chi connectivity index (χ4n) is 1.65. The van der Waals surface area contributed by atoms with Crippen LogP contribution >= 0.6 is 11.3 Å². The Morgan fingerprint density at radius 2 is 1.95 bits per heavy atom. The van der Waals surface area contributed by atoms with Gasteiger partial charge in [-0.2, -0.15) is 9.97 Å². The third-order valence-corrected chi connectivity index (χ3v) is 3.45. The van der Waals surface area contributed by atoms with E-state index in [0.717, 1.165) is 0 Å². The highest BCUT2D eigenvalue weighted by Crippen LogP contribution is 2.38. The van der Waals surface area contributed by atoms with Crippen LogP contribution < -0.4 is 20.5 Å². The van der Waals surface area contributed by atoms with E-state index >= 15 is 0 Å². The molecule has 22 heavy (non-hydrogen) atoms. The quantitative estimate of drug-likeness (QED) is 0.654. The van der Waals surface area contributed by atoms with Crippen molar-refractivity contribution in [2.75, 3.05) is 32.7 Å². The van der Waals surface area contributed by atoms with Crippen molar-refractivity contribution in [3.05, 3.63) is 11.1 Å². The molecule has 1 amide bonds. The number of aliphatic hydroxyl groups is 1. The Morgan fingerprint density at radius 3 is 2.41 bits per heavy atom. The van der Waals surface area contributed by atoms with Crippen LogP contribution in [-0.4, -0.2) is 53.3 Å². The number of thiazole rings is 1. The number of methoxy groups -OCH3 is 2. The van der Waals surface area contributed by atoms with Gasteiger partial charge in [-0.15, -0.1) is 11.3 Å². The molecule has 2 aromatic heterocycles. The topological polar surface area (TPSA) is 132 Å². The summed E-state index contributed by atoms with van der Waals surface area (Å²) in [5.41, 5.74) is 5.78. The molecule has 10 heteroatoms. The molecule has 0 aliphatic heterocycles. The van der Waals surface area contributed by atoms with E-state index in [1.807, 2.05) is 0 Å². The van der Waals surface area contributed by atoms with E-state index in [1.54, 1.807) is 0 Å². The number of anilines is 1. The molecule has 0 radical (unpaired) electrons. The predicted molar refractivity (Wildman–Crippen MR) is 80.3 cm³/mol. The molecule has 0 spiro atoms. The number of carbonyl (C=O) groups is 1. The number of amides is 1. The summed E-state index contributed by atoms with van der Waals surface area (Å²) in [6.07, 6.45) is 0. The molecule has 0 bridgehead atoms. The number of nitrogens with two attached hydrogens (primary N) is 1. The summed E-state index contributed by atoms with van der Waals surface area (Å²) in [5, 5.41) is 13.6. The Bertz CT molecular complexity index is 650. The first-order valence-electron chi connectivity index (χ1n) is 6.21. The van der Waals surface area contributed by atoms with E-state index in [4.69, 9.17) is 20.3 Å². The molecule has 0 unspecified atom stereocenters. The van der Waals surface area contributed by atoms with Gasteiger partial charge in [0.05, 0.1) is 20.8 Å². The van der Waals surface area contributed by atoms with Gasteiger partial charge in [0, 0.05) is 11.9 Å². The van der Waals surface area contributed by atoms with Crippen molar-refractivity contribution in [2.24, 2.45) is 5.73 Å². The Hall–Kier alpha value is -2.46. The number of primary amides is 1. The molecule has 0 aliphatic carbocycles. The number of rotatable bonds is 7. The van der Waals surface area contributed by atoms with Crippen molar-refractivity contribution in [3.63, 3.8) is 0 Å². The molecule has 0 aromatic carbocycles. The van der Waals surface area contributed by atoms with Crippen LogP contribution in [0.4, 0.5) is 5.95 Å². The lowest BCUT2D eigenvalue weighted by molar-refractivity contribution is 0.0996. The average molecular weight is 325 g/mol. The third kappa shape index (κ3) is 3.23. The van der Waals surface area contributed by atoms with E-state index in [9.17, 15) is 4.79 Å². The minimum absolute atomic E-state index is 0.0653. The molecule has 0 saturated heterocycles. The first-order chi connectivity index (χ1) is 10.6. The van der Waals surface area contributed by atoms with E-state index in [0.29, 0.717) is 10.6 Å². The second-order valence-electron chi connectivity index (χ2n) is 3.99.